The minimum atomic E-state index is -0.425. The number of hydrogen-bond acceptors (Lipinski definition) is 6. The molecule has 2 aromatic rings. The van der Waals surface area contributed by atoms with Crippen molar-refractivity contribution < 1.29 is 9.53 Å². The number of benzene rings is 1. The van der Waals surface area contributed by atoms with Crippen LogP contribution in [0.25, 0.3) is 0 Å². The highest BCUT2D eigenvalue weighted by atomic mass is 35.5. The third-order valence-corrected chi connectivity index (χ3v) is 3.25. The molecule has 2 N–H and O–H groups in total. The van der Waals surface area contributed by atoms with Crippen LogP contribution in [0.4, 0.5) is 17.5 Å². The second-order valence-electron chi connectivity index (χ2n) is 5.33. The smallest absolute Gasteiger partial charge is 0.337 e. The van der Waals surface area contributed by atoms with Crippen LogP contribution in [0.15, 0.2) is 24.3 Å². The van der Waals surface area contributed by atoms with Gasteiger partial charge in [0, 0.05) is 17.8 Å². The molecule has 0 radical (unpaired) electrons. The molecule has 7 heteroatoms. The number of hydrogen-bond donors (Lipinski definition) is 2. The molecule has 6 nitrogen and oxygen atoms in total. The molecular formula is C16H19ClN4O2. The first-order chi connectivity index (χ1) is 10.9. The summed E-state index contributed by atoms with van der Waals surface area (Å²) in [5.41, 5.74) is 1.79. The summed E-state index contributed by atoms with van der Waals surface area (Å²) in [7, 11) is 1.34. The first-order valence-electron chi connectivity index (χ1n) is 7.16. The maximum absolute atomic E-state index is 11.6. The fourth-order valence-corrected chi connectivity index (χ4v) is 2.12. The standard InChI is InChI=1S/C16H19ClN4O2/c1-9(2)18-16-19-10(3)7-14(21-16)20-13-8-11(15(22)23-4)5-6-12(13)17/h5-9H,1-4H3,(H2,18,19,20,21). The highest BCUT2D eigenvalue weighted by molar-refractivity contribution is 6.33. The molecule has 0 aliphatic rings. The van der Waals surface area contributed by atoms with Gasteiger partial charge in [0.25, 0.3) is 0 Å². The van der Waals surface area contributed by atoms with Crippen molar-refractivity contribution in [2.45, 2.75) is 26.8 Å². The van der Waals surface area contributed by atoms with Crippen LogP contribution >= 0.6 is 11.6 Å². The van der Waals surface area contributed by atoms with Gasteiger partial charge in [0.05, 0.1) is 23.4 Å². The normalized spacial score (nSPS) is 10.5. The molecule has 0 unspecified atom stereocenters. The summed E-state index contributed by atoms with van der Waals surface area (Å²) in [5, 5.41) is 6.75. The quantitative estimate of drug-likeness (QED) is 0.810. The van der Waals surface area contributed by atoms with Gasteiger partial charge in [-0.2, -0.15) is 4.98 Å². The van der Waals surface area contributed by atoms with E-state index in [1.165, 1.54) is 7.11 Å². The number of methoxy groups -OCH3 is 1. The molecule has 0 amide bonds. The van der Waals surface area contributed by atoms with Gasteiger partial charge < -0.3 is 15.4 Å². The maximum atomic E-state index is 11.6. The third kappa shape index (κ3) is 4.56. The van der Waals surface area contributed by atoms with E-state index in [1.807, 2.05) is 20.8 Å². The first-order valence-corrected chi connectivity index (χ1v) is 7.54. The molecule has 23 heavy (non-hydrogen) atoms. The van der Waals surface area contributed by atoms with Crippen molar-refractivity contribution >= 4 is 35.0 Å². The van der Waals surface area contributed by atoms with Gasteiger partial charge in [-0.25, -0.2) is 9.78 Å². The van der Waals surface area contributed by atoms with Crippen molar-refractivity contribution in [1.82, 2.24) is 9.97 Å². The maximum Gasteiger partial charge on any atom is 0.337 e. The van der Waals surface area contributed by atoms with Gasteiger partial charge in [-0.05, 0) is 39.0 Å². The van der Waals surface area contributed by atoms with Gasteiger partial charge in [0.1, 0.15) is 5.82 Å². The van der Waals surface area contributed by atoms with E-state index in [0.717, 1.165) is 5.69 Å². The Bertz CT molecular complexity index is 719. The van der Waals surface area contributed by atoms with E-state index in [9.17, 15) is 4.79 Å². The molecule has 1 aromatic carbocycles. The van der Waals surface area contributed by atoms with E-state index < -0.39 is 5.97 Å². The number of halogens is 1. The number of esters is 1. The van der Waals surface area contributed by atoms with E-state index in [4.69, 9.17) is 16.3 Å². The molecule has 0 saturated carbocycles. The lowest BCUT2D eigenvalue weighted by Gasteiger charge is -2.13. The largest absolute Gasteiger partial charge is 0.465 e. The first kappa shape index (κ1) is 17.0. The number of rotatable bonds is 5. The van der Waals surface area contributed by atoms with Gasteiger partial charge in [0.15, 0.2) is 0 Å². The van der Waals surface area contributed by atoms with Crippen molar-refractivity contribution in [2.24, 2.45) is 0 Å². The number of nitrogens with one attached hydrogen (secondary N) is 2. The minimum Gasteiger partial charge on any atom is -0.465 e. The molecule has 0 bridgehead atoms. The van der Waals surface area contributed by atoms with Crippen molar-refractivity contribution in [1.29, 1.82) is 0 Å². The molecular weight excluding hydrogens is 316 g/mol. The van der Waals surface area contributed by atoms with Crippen LogP contribution in [0, 0.1) is 6.92 Å². The average Bonchev–Trinajstić information content (AvgIpc) is 2.47. The fourth-order valence-electron chi connectivity index (χ4n) is 1.96. The van der Waals surface area contributed by atoms with Gasteiger partial charge in [-0.1, -0.05) is 11.6 Å². The summed E-state index contributed by atoms with van der Waals surface area (Å²) in [6.45, 7) is 5.90. The summed E-state index contributed by atoms with van der Waals surface area (Å²) in [4.78, 5) is 20.4. The Labute approximate surface area is 140 Å². The number of aryl methyl sites for hydroxylation is 1. The summed E-state index contributed by atoms with van der Waals surface area (Å²) >= 11 is 6.18. The van der Waals surface area contributed by atoms with Crippen molar-refractivity contribution in [3.05, 3.63) is 40.5 Å². The second kappa shape index (κ2) is 7.28. The van der Waals surface area contributed by atoms with Gasteiger partial charge in [0.2, 0.25) is 5.95 Å². The fraction of sp³-hybridized carbons (Fsp3) is 0.312. The molecule has 0 aliphatic heterocycles. The zero-order chi connectivity index (χ0) is 17.0. The second-order valence-corrected chi connectivity index (χ2v) is 5.74. The Morgan fingerprint density at radius 1 is 1.26 bits per heavy atom. The lowest BCUT2D eigenvalue weighted by molar-refractivity contribution is 0.0601. The number of carbonyl (C=O) groups excluding carboxylic acids is 1. The van der Waals surface area contributed by atoms with Crippen LogP contribution < -0.4 is 10.6 Å². The number of aromatic nitrogens is 2. The average molecular weight is 335 g/mol. The number of carbonyl (C=O) groups is 1. The number of anilines is 3. The SMILES string of the molecule is COC(=O)c1ccc(Cl)c(Nc2cc(C)nc(NC(C)C)n2)c1. The summed E-state index contributed by atoms with van der Waals surface area (Å²) in [6.07, 6.45) is 0. The molecule has 122 valence electrons. The summed E-state index contributed by atoms with van der Waals surface area (Å²) < 4.78 is 4.72. The Morgan fingerprint density at radius 3 is 2.65 bits per heavy atom. The predicted molar refractivity (Wildman–Crippen MR) is 91.6 cm³/mol. The molecule has 2 rings (SSSR count). The highest BCUT2D eigenvalue weighted by Gasteiger charge is 2.11. The lowest BCUT2D eigenvalue weighted by Crippen LogP contribution is -2.13. The predicted octanol–water partition coefficient (Wildman–Crippen LogP) is 3.79. The van der Waals surface area contributed by atoms with Crippen molar-refractivity contribution in [3.8, 4) is 0 Å². The zero-order valence-electron chi connectivity index (χ0n) is 13.5. The topological polar surface area (TPSA) is 76.1 Å². The van der Waals surface area contributed by atoms with E-state index in [2.05, 4.69) is 20.6 Å². The van der Waals surface area contributed by atoms with E-state index in [0.29, 0.717) is 28.0 Å². The van der Waals surface area contributed by atoms with E-state index >= 15 is 0 Å². The molecule has 0 aliphatic carbocycles. The third-order valence-electron chi connectivity index (χ3n) is 2.92. The molecule has 0 fully saturated rings. The van der Waals surface area contributed by atoms with Crippen LogP contribution in [0.2, 0.25) is 5.02 Å². The zero-order valence-corrected chi connectivity index (χ0v) is 14.2. The van der Waals surface area contributed by atoms with Crippen molar-refractivity contribution in [2.75, 3.05) is 17.7 Å². The number of nitrogens with zero attached hydrogens (tertiary/aromatic N) is 2. The van der Waals surface area contributed by atoms with Crippen molar-refractivity contribution in [3.63, 3.8) is 0 Å². The Morgan fingerprint density at radius 2 is 2.00 bits per heavy atom. The summed E-state index contributed by atoms with van der Waals surface area (Å²) in [5.74, 6) is 0.693. The van der Waals surface area contributed by atoms with E-state index in [-0.39, 0.29) is 6.04 Å². The molecule has 0 saturated heterocycles. The van der Waals surface area contributed by atoms with Gasteiger partial charge in [-0.3, -0.25) is 0 Å². The monoisotopic (exact) mass is 334 g/mol. The lowest BCUT2D eigenvalue weighted by atomic mass is 10.2. The minimum absolute atomic E-state index is 0.218. The Hall–Kier alpha value is -2.34. The molecule has 0 atom stereocenters. The highest BCUT2D eigenvalue weighted by Crippen LogP contribution is 2.27. The molecule has 1 heterocycles. The summed E-state index contributed by atoms with van der Waals surface area (Å²) in [6, 6.07) is 6.89. The Balaban J connectivity index is 2.31. The van der Waals surface area contributed by atoms with E-state index in [1.54, 1.807) is 24.3 Å². The van der Waals surface area contributed by atoms with Crippen LogP contribution in [-0.2, 0) is 4.74 Å². The Kier molecular flexibility index (Phi) is 5.39. The van der Waals surface area contributed by atoms with Gasteiger partial charge >= 0.3 is 5.97 Å². The van der Waals surface area contributed by atoms with Gasteiger partial charge in [-0.15, -0.1) is 0 Å². The van der Waals surface area contributed by atoms with Crippen LogP contribution in [-0.4, -0.2) is 29.1 Å². The van der Waals surface area contributed by atoms with Crippen LogP contribution in [0.5, 0.6) is 0 Å². The number of ether oxygens (including phenoxy) is 1. The molecule has 1 aromatic heterocycles. The van der Waals surface area contributed by atoms with Crippen LogP contribution in [0.1, 0.15) is 29.9 Å². The molecule has 0 spiro atoms. The van der Waals surface area contributed by atoms with Crippen LogP contribution in [0.3, 0.4) is 0 Å².